The molecule has 0 spiro atoms. The summed E-state index contributed by atoms with van der Waals surface area (Å²) in [6, 6.07) is 0. The average molecular weight is 286 g/mol. The molecule has 0 aromatic carbocycles. The number of thioether (sulfide) groups is 2. The highest BCUT2D eigenvalue weighted by Gasteiger charge is 2.38. The molecule has 2 aliphatic heterocycles. The van der Waals surface area contributed by atoms with Gasteiger partial charge >= 0.3 is 0 Å². The van der Waals surface area contributed by atoms with Gasteiger partial charge in [0.05, 0.1) is 12.7 Å². The highest BCUT2D eigenvalue weighted by molar-refractivity contribution is 8.06. The molecule has 2 heterocycles. The van der Waals surface area contributed by atoms with Crippen LogP contribution in [0.1, 0.15) is 25.7 Å². The topological polar surface area (TPSA) is 32.3 Å². The molecule has 1 saturated carbocycles. The van der Waals surface area contributed by atoms with Gasteiger partial charge in [0.15, 0.2) is 0 Å². The van der Waals surface area contributed by atoms with Crippen LogP contribution >= 0.6 is 23.5 Å². The van der Waals surface area contributed by atoms with Crippen LogP contribution in [0.5, 0.6) is 0 Å². The molecule has 1 N–H and O–H groups in total. The normalized spacial score (nSPS) is 34.4. The third-order valence-corrected chi connectivity index (χ3v) is 7.08. The third kappa shape index (κ3) is 2.83. The molecular formula is C13H22N2OS2. The van der Waals surface area contributed by atoms with Crippen molar-refractivity contribution in [3.05, 3.63) is 0 Å². The van der Waals surface area contributed by atoms with Crippen LogP contribution in [0, 0.1) is 5.92 Å². The Hall–Kier alpha value is 0.130. The fourth-order valence-electron chi connectivity index (χ4n) is 3.33. The molecule has 2 saturated heterocycles. The summed E-state index contributed by atoms with van der Waals surface area (Å²) in [7, 11) is 0. The molecule has 18 heavy (non-hydrogen) atoms. The van der Waals surface area contributed by atoms with Crippen molar-refractivity contribution in [1.29, 1.82) is 0 Å². The first-order valence-electron chi connectivity index (χ1n) is 7.07. The van der Waals surface area contributed by atoms with Gasteiger partial charge in [0.2, 0.25) is 5.91 Å². The zero-order valence-electron chi connectivity index (χ0n) is 10.8. The lowest BCUT2D eigenvalue weighted by Gasteiger charge is -2.33. The van der Waals surface area contributed by atoms with E-state index in [0.29, 0.717) is 29.8 Å². The summed E-state index contributed by atoms with van der Waals surface area (Å²) in [4.78, 5) is 14.2. The van der Waals surface area contributed by atoms with Crippen LogP contribution in [0.3, 0.4) is 0 Å². The molecule has 2 atom stereocenters. The first-order valence-corrected chi connectivity index (χ1v) is 9.27. The van der Waals surface area contributed by atoms with E-state index in [1.165, 1.54) is 42.9 Å². The SMILES string of the molecule is O=C1CNC(C2CCCC2)N1CC1CSCCS1. The predicted molar refractivity (Wildman–Crippen MR) is 79.0 cm³/mol. The summed E-state index contributed by atoms with van der Waals surface area (Å²) in [5.41, 5.74) is 0. The van der Waals surface area contributed by atoms with Crippen molar-refractivity contribution in [2.45, 2.75) is 37.1 Å². The van der Waals surface area contributed by atoms with E-state index in [-0.39, 0.29) is 0 Å². The molecule has 3 rings (SSSR count). The monoisotopic (exact) mass is 286 g/mol. The van der Waals surface area contributed by atoms with E-state index in [1.54, 1.807) is 0 Å². The zero-order valence-corrected chi connectivity index (χ0v) is 12.4. The summed E-state index contributed by atoms with van der Waals surface area (Å²) in [5, 5.41) is 4.10. The summed E-state index contributed by atoms with van der Waals surface area (Å²) < 4.78 is 0. The first kappa shape index (κ1) is 13.1. The van der Waals surface area contributed by atoms with Crippen molar-refractivity contribution in [3.63, 3.8) is 0 Å². The van der Waals surface area contributed by atoms with Crippen LogP contribution in [-0.4, -0.2) is 52.6 Å². The minimum absolute atomic E-state index is 0.322. The molecule has 3 aliphatic rings. The van der Waals surface area contributed by atoms with Crippen LogP contribution in [-0.2, 0) is 4.79 Å². The van der Waals surface area contributed by atoms with Gasteiger partial charge in [0.25, 0.3) is 0 Å². The fraction of sp³-hybridized carbons (Fsp3) is 0.923. The number of nitrogens with zero attached hydrogens (tertiary/aromatic N) is 1. The Balaban J connectivity index is 1.61. The van der Waals surface area contributed by atoms with E-state index in [0.717, 1.165) is 6.54 Å². The van der Waals surface area contributed by atoms with Gasteiger partial charge in [-0.25, -0.2) is 0 Å². The van der Waals surface area contributed by atoms with Gasteiger partial charge < -0.3 is 4.90 Å². The predicted octanol–water partition coefficient (Wildman–Crippen LogP) is 1.78. The van der Waals surface area contributed by atoms with Crippen LogP contribution in [0.15, 0.2) is 0 Å². The zero-order chi connectivity index (χ0) is 12.4. The van der Waals surface area contributed by atoms with Crippen molar-refractivity contribution in [2.24, 2.45) is 5.92 Å². The smallest absolute Gasteiger partial charge is 0.237 e. The second-order valence-electron chi connectivity index (χ2n) is 5.48. The Morgan fingerprint density at radius 2 is 2.11 bits per heavy atom. The second kappa shape index (κ2) is 6.06. The van der Waals surface area contributed by atoms with E-state index in [4.69, 9.17) is 0 Å². The first-order chi connectivity index (χ1) is 8.84. The highest BCUT2D eigenvalue weighted by Crippen LogP contribution is 2.32. The van der Waals surface area contributed by atoms with Crippen molar-refractivity contribution in [3.8, 4) is 0 Å². The molecule has 0 bridgehead atoms. The lowest BCUT2D eigenvalue weighted by atomic mass is 10.0. The Morgan fingerprint density at radius 1 is 1.28 bits per heavy atom. The molecule has 3 fully saturated rings. The summed E-state index contributed by atoms with van der Waals surface area (Å²) in [5.74, 6) is 4.77. The molecule has 1 aliphatic carbocycles. The summed E-state index contributed by atoms with van der Waals surface area (Å²) >= 11 is 4.10. The number of carbonyl (C=O) groups is 1. The fourth-order valence-corrected chi connectivity index (χ4v) is 5.99. The maximum atomic E-state index is 12.1. The number of carbonyl (C=O) groups excluding carboxylic acids is 1. The number of rotatable bonds is 3. The third-order valence-electron chi connectivity index (χ3n) is 4.25. The summed E-state index contributed by atoms with van der Waals surface area (Å²) in [6.45, 7) is 1.52. The second-order valence-corrected chi connectivity index (χ2v) is 8.04. The molecule has 0 aromatic rings. The van der Waals surface area contributed by atoms with Crippen LogP contribution in [0.25, 0.3) is 0 Å². The maximum absolute atomic E-state index is 12.1. The molecule has 0 aromatic heterocycles. The number of hydrogen-bond donors (Lipinski definition) is 1. The van der Waals surface area contributed by atoms with Crippen molar-refractivity contribution in [1.82, 2.24) is 10.2 Å². The summed E-state index contributed by atoms with van der Waals surface area (Å²) in [6.07, 6.45) is 5.63. The van der Waals surface area contributed by atoms with Crippen LogP contribution in [0.2, 0.25) is 0 Å². The van der Waals surface area contributed by atoms with Gasteiger partial charge in [-0.15, -0.1) is 0 Å². The Bertz CT molecular complexity index is 301. The minimum atomic E-state index is 0.322. The molecule has 102 valence electrons. The maximum Gasteiger partial charge on any atom is 0.237 e. The van der Waals surface area contributed by atoms with Crippen molar-refractivity contribution >= 4 is 29.4 Å². The van der Waals surface area contributed by atoms with Gasteiger partial charge in [-0.1, -0.05) is 12.8 Å². The molecule has 0 radical (unpaired) electrons. The highest BCUT2D eigenvalue weighted by atomic mass is 32.2. The van der Waals surface area contributed by atoms with Gasteiger partial charge in [0.1, 0.15) is 0 Å². The Kier molecular flexibility index (Phi) is 4.42. The van der Waals surface area contributed by atoms with E-state index >= 15 is 0 Å². The van der Waals surface area contributed by atoms with Crippen molar-refractivity contribution in [2.75, 3.05) is 30.3 Å². The van der Waals surface area contributed by atoms with E-state index < -0.39 is 0 Å². The average Bonchev–Trinajstić information content (AvgIpc) is 3.02. The van der Waals surface area contributed by atoms with Crippen LogP contribution < -0.4 is 5.32 Å². The van der Waals surface area contributed by atoms with Gasteiger partial charge in [-0.2, -0.15) is 23.5 Å². The number of amides is 1. The Labute approximate surface area is 118 Å². The van der Waals surface area contributed by atoms with E-state index in [2.05, 4.69) is 22.0 Å². The lowest BCUT2D eigenvalue weighted by molar-refractivity contribution is -0.128. The molecular weight excluding hydrogens is 264 g/mol. The molecule has 2 unspecified atom stereocenters. The Morgan fingerprint density at radius 3 is 2.83 bits per heavy atom. The lowest BCUT2D eigenvalue weighted by Crippen LogP contribution is -2.46. The number of hydrogen-bond acceptors (Lipinski definition) is 4. The quantitative estimate of drug-likeness (QED) is 0.857. The van der Waals surface area contributed by atoms with E-state index in [9.17, 15) is 4.79 Å². The van der Waals surface area contributed by atoms with Crippen molar-refractivity contribution < 1.29 is 4.79 Å². The number of nitrogens with one attached hydrogen (secondary N) is 1. The van der Waals surface area contributed by atoms with Gasteiger partial charge in [-0.05, 0) is 18.8 Å². The largest absolute Gasteiger partial charge is 0.325 e. The molecule has 5 heteroatoms. The van der Waals surface area contributed by atoms with Gasteiger partial charge in [-0.3, -0.25) is 10.1 Å². The van der Waals surface area contributed by atoms with E-state index in [1.807, 2.05) is 11.8 Å². The minimum Gasteiger partial charge on any atom is -0.325 e. The van der Waals surface area contributed by atoms with Gasteiger partial charge in [0, 0.05) is 29.1 Å². The molecule has 3 nitrogen and oxygen atoms in total. The standard InChI is InChI=1S/C13H22N2OS2/c16-12-7-14-13(10-3-1-2-4-10)15(12)8-11-9-17-5-6-18-11/h10-11,13-14H,1-9H2. The molecule has 1 amide bonds. The van der Waals surface area contributed by atoms with Crippen LogP contribution in [0.4, 0.5) is 0 Å².